The Bertz CT molecular complexity index is 913. The zero-order valence-corrected chi connectivity index (χ0v) is 17.8. The Morgan fingerprint density at radius 3 is 2.41 bits per heavy atom. The Hall–Kier alpha value is -1.94. The van der Waals surface area contributed by atoms with E-state index in [1.54, 1.807) is 0 Å². The number of carbonyl (C=O) groups excluding carboxylic acids is 2. The summed E-state index contributed by atoms with van der Waals surface area (Å²) in [6, 6.07) is 1.01. The molecule has 0 spiro atoms. The lowest BCUT2D eigenvalue weighted by Gasteiger charge is -2.41. The van der Waals surface area contributed by atoms with Gasteiger partial charge in [0.1, 0.15) is 28.2 Å². The predicted molar refractivity (Wildman–Crippen MR) is 106 cm³/mol. The Labute approximate surface area is 186 Å². The van der Waals surface area contributed by atoms with Crippen LogP contribution in [0.5, 0.6) is 0 Å². The third-order valence-corrected chi connectivity index (χ3v) is 7.36. The molecular weight excluding hydrogens is 457 g/mol. The molecule has 0 bridgehead atoms. The number of hydrogen-bond acceptors (Lipinski definition) is 3. The number of amides is 2. The van der Waals surface area contributed by atoms with E-state index in [9.17, 15) is 31.5 Å². The van der Waals surface area contributed by atoms with Crippen LogP contribution in [-0.4, -0.2) is 54.1 Å². The molecule has 2 atom stereocenters. The Morgan fingerprint density at radius 2 is 1.88 bits per heavy atom. The largest absolute Gasteiger partial charge is 0.406 e. The summed E-state index contributed by atoms with van der Waals surface area (Å²) in [5.74, 6) is -3.21. The van der Waals surface area contributed by atoms with E-state index in [-0.39, 0.29) is 56.2 Å². The van der Waals surface area contributed by atoms with Crippen molar-refractivity contribution in [1.29, 1.82) is 0 Å². The van der Waals surface area contributed by atoms with E-state index in [4.69, 9.17) is 11.6 Å². The minimum Gasteiger partial charge on any atom is -0.336 e. The van der Waals surface area contributed by atoms with Gasteiger partial charge in [-0.05, 0) is 62.2 Å². The molecule has 2 saturated heterocycles. The first-order valence-electron chi connectivity index (χ1n) is 10.6. The number of hydrogen-bond donors (Lipinski definition) is 2. The van der Waals surface area contributed by atoms with Crippen LogP contribution in [0.25, 0.3) is 0 Å². The highest BCUT2D eigenvalue weighted by Crippen LogP contribution is 2.55. The van der Waals surface area contributed by atoms with Crippen molar-refractivity contribution in [1.82, 2.24) is 15.5 Å². The average Bonchev–Trinajstić information content (AvgIpc) is 3.46. The second-order valence-corrected chi connectivity index (χ2v) is 9.18. The number of alkyl halides is 3. The molecule has 3 aliphatic rings. The van der Waals surface area contributed by atoms with Gasteiger partial charge in [-0.3, -0.25) is 9.69 Å². The zero-order valence-electron chi connectivity index (χ0n) is 17.1. The Balaban J connectivity index is 1.54. The van der Waals surface area contributed by atoms with Crippen LogP contribution in [0.4, 0.5) is 26.7 Å². The molecule has 11 heteroatoms. The maximum atomic E-state index is 14.9. The van der Waals surface area contributed by atoms with Crippen LogP contribution in [0.3, 0.4) is 0 Å². The third kappa shape index (κ3) is 4.19. The minimum absolute atomic E-state index is 0.0671. The molecule has 1 aromatic carbocycles. The average molecular weight is 480 g/mol. The number of likely N-dealkylation sites (tertiary alicyclic amines) is 1. The number of halogens is 6. The van der Waals surface area contributed by atoms with Gasteiger partial charge in [-0.2, -0.15) is 13.2 Å². The van der Waals surface area contributed by atoms with Crippen molar-refractivity contribution in [2.45, 2.75) is 55.8 Å². The molecule has 176 valence electrons. The van der Waals surface area contributed by atoms with Gasteiger partial charge in [-0.15, -0.1) is 0 Å². The highest BCUT2D eigenvalue weighted by Gasteiger charge is 2.66. The quantitative estimate of drug-likeness (QED) is 0.476. The van der Waals surface area contributed by atoms with Crippen molar-refractivity contribution >= 4 is 23.4 Å². The molecule has 2 aliphatic heterocycles. The number of rotatable bonds is 6. The topological polar surface area (TPSA) is 61.4 Å². The fourth-order valence-corrected chi connectivity index (χ4v) is 5.17. The zero-order chi connectivity index (χ0) is 23.3. The van der Waals surface area contributed by atoms with E-state index in [0.29, 0.717) is 12.8 Å². The smallest absolute Gasteiger partial charge is 0.336 e. The molecule has 2 amide bonds. The van der Waals surface area contributed by atoms with Crippen LogP contribution in [0.2, 0.25) is 5.02 Å². The standard InChI is InChI=1S/C21H23ClF5N3O2/c22-17-14(23)2-1-12(18(17)24)13(9-16(31)15-10-28-19(32)29-15)11-3-7-30(8-4-11)20(5-6-20)21(25,26)27/h1-2,11,13,15H,3-10H2,(H2,28,29,32)/t13?,15-/m0/s1. The number of Topliss-reactive ketones (excluding diaryl/α,β-unsaturated/α-hetero) is 1. The van der Waals surface area contributed by atoms with Gasteiger partial charge >= 0.3 is 12.2 Å². The monoisotopic (exact) mass is 479 g/mol. The molecule has 0 radical (unpaired) electrons. The number of urea groups is 1. The van der Waals surface area contributed by atoms with Crippen molar-refractivity contribution in [2.24, 2.45) is 5.92 Å². The molecule has 1 aliphatic carbocycles. The molecule has 1 saturated carbocycles. The van der Waals surface area contributed by atoms with Gasteiger partial charge in [-0.1, -0.05) is 17.7 Å². The first-order chi connectivity index (χ1) is 15.0. The number of nitrogens with zero attached hydrogens (tertiary/aromatic N) is 1. The normalized spacial score (nSPS) is 24.7. The third-order valence-electron chi connectivity index (χ3n) is 7.01. The van der Waals surface area contributed by atoms with Gasteiger partial charge in [0, 0.05) is 13.0 Å². The van der Waals surface area contributed by atoms with Crippen LogP contribution in [-0.2, 0) is 4.79 Å². The SMILES string of the molecule is O=C1NC[C@@H](C(=O)CC(c2ccc(F)c(Cl)c2F)C2CCN(C3(C(F)(F)F)CC3)CC2)N1. The minimum atomic E-state index is -4.31. The molecule has 5 nitrogen and oxygen atoms in total. The molecule has 1 aromatic rings. The number of piperidine rings is 1. The fraction of sp³-hybridized carbons (Fsp3) is 0.619. The van der Waals surface area contributed by atoms with Gasteiger partial charge in [0.25, 0.3) is 0 Å². The van der Waals surface area contributed by atoms with Gasteiger partial charge in [-0.25, -0.2) is 13.6 Å². The lowest BCUT2D eigenvalue weighted by atomic mass is 9.76. The molecule has 32 heavy (non-hydrogen) atoms. The summed E-state index contributed by atoms with van der Waals surface area (Å²) in [7, 11) is 0. The van der Waals surface area contributed by atoms with E-state index >= 15 is 0 Å². The van der Waals surface area contributed by atoms with E-state index in [1.165, 1.54) is 11.0 Å². The molecule has 2 N–H and O–H groups in total. The van der Waals surface area contributed by atoms with Crippen LogP contribution >= 0.6 is 11.6 Å². The van der Waals surface area contributed by atoms with E-state index in [1.807, 2.05) is 0 Å². The van der Waals surface area contributed by atoms with Crippen molar-refractivity contribution in [2.75, 3.05) is 19.6 Å². The van der Waals surface area contributed by atoms with Gasteiger partial charge in [0.2, 0.25) is 0 Å². The fourth-order valence-electron chi connectivity index (χ4n) is 4.99. The van der Waals surface area contributed by atoms with Crippen molar-refractivity contribution in [3.63, 3.8) is 0 Å². The summed E-state index contributed by atoms with van der Waals surface area (Å²) in [6.45, 7) is 0.448. The Kier molecular flexibility index (Phi) is 6.13. The van der Waals surface area contributed by atoms with Crippen molar-refractivity contribution < 1.29 is 31.5 Å². The number of benzene rings is 1. The maximum absolute atomic E-state index is 14.9. The molecule has 0 aromatic heterocycles. The summed E-state index contributed by atoms with van der Waals surface area (Å²) in [5, 5.41) is 4.29. The van der Waals surface area contributed by atoms with Crippen LogP contribution in [0, 0.1) is 17.6 Å². The highest BCUT2D eigenvalue weighted by atomic mass is 35.5. The highest BCUT2D eigenvalue weighted by molar-refractivity contribution is 6.31. The summed E-state index contributed by atoms with van der Waals surface area (Å²) >= 11 is 5.75. The van der Waals surface area contributed by atoms with Gasteiger partial charge in [0.05, 0.1) is 0 Å². The van der Waals surface area contributed by atoms with Crippen molar-refractivity contribution in [3.05, 3.63) is 34.4 Å². The summed E-state index contributed by atoms with van der Waals surface area (Å²) in [6.07, 6.45) is -3.64. The van der Waals surface area contributed by atoms with Crippen molar-refractivity contribution in [3.8, 4) is 0 Å². The summed E-state index contributed by atoms with van der Waals surface area (Å²) in [4.78, 5) is 25.6. The first kappa shape index (κ1) is 23.2. The number of ketones is 1. The first-order valence-corrected chi connectivity index (χ1v) is 10.9. The molecule has 2 heterocycles. The van der Waals surface area contributed by atoms with E-state index in [0.717, 1.165) is 6.07 Å². The lowest BCUT2D eigenvalue weighted by Crippen LogP contribution is -2.51. The van der Waals surface area contributed by atoms with Gasteiger partial charge < -0.3 is 10.6 Å². The Morgan fingerprint density at radius 1 is 1.22 bits per heavy atom. The molecular formula is C21H23ClF5N3O2. The second-order valence-electron chi connectivity index (χ2n) is 8.80. The van der Waals surface area contributed by atoms with E-state index < -0.39 is 46.4 Å². The lowest BCUT2D eigenvalue weighted by molar-refractivity contribution is -0.200. The summed E-state index contributed by atoms with van der Waals surface area (Å²) < 4.78 is 69.0. The predicted octanol–water partition coefficient (Wildman–Crippen LogP) is 4.15. The number of carbonyl (C=O) groups is 2. The van der Waals surface area contributed by atoms with Crippen LogP contribution < -0.4 is 10.6 Å². The molecule has 3 fully saturated rings. The summed E-state index contributed by atoms with van der Waals surface area (Å²) in [5.41, 5.74) is -1.70. The van der Waals surface area contributed by atoms with Gasteiger partial charge in [0.15, 0.2) is 5.78 Å². The van der Waals surface area contributed by atoms with E-state index in [2.05, 4.69) is 10.6 Å². The maximum Gasteiger partial charge on any atom is 0.406 e. The molecule has 4 rings (SSSR count). The van der Waals surface area contributed by atoms with Crippen LogP contribution in [0.1, 0.15) is 43.6 Å². The number of nitrogens with one attached hydrogen (secondary N) is 2. The molecule has 1 unspecified atom stereocenters. The van der Waals surface area contributed by atoms with Crippen LogP contribution in [0.15, 0.2) is 12.1 Å². The second kappa shape index (κ2) is 8.44.